The molecular weight excluding hydrogens is 348 g/mol. The number of piperidine rings is 1. The molecule has 0 atom stereocenters. The molecule has 0 aliphatic carbocycles. The third-order valence-corrected chi connectivity index (χ3v) is 4.33. The Labute approximate surface area is 160 Å². The van der Waals surface area contributed by atoms with Crippen LogP contribution in [-0.2, 0) is 11.3 Å². The van der Waals surface area contributed by atoms with E-state index in [1.165, 1.54) is 0 Å². The molecule has 1 aliphatic heterocycles. The third-order valence-electron chi connectivity index (χ3n) is 4.33. The Morgan fingerprint density at radius 3 is 2.63 bits per heavy atom. The lowest BCUT2D eigenvalue weighted by Gasteiger charge is -2.31. The van der Waals surface area contributed by atoms with E-state index in [0.717, 1.165) is 18.4 Å². The molecule has 0 bridgehead atoms. The number of carbonyl (C=O) groups excluding carboxylic acids is 1. The second-order valence-electron chi connectivity index (χ2n) is 6.22. The van der Waals surface area contributed by atoms with E-state index in [-0.39, 0.29) is 12.1 Å². The van der Waals surface area contributed by atoms with Gasteiger partial charge in [-0.2, -0.15) is 0 Å². The number of rotatable bonds is 7. The van der Waals surface area contributed by atoms with Crippen LogP contribution in [0, 0.1) is 0 Å². The summed E-state index contributed by atoms with van der Waals surface area (Å²) in [6.07, 6.45) is 1.37. The molecular formula is C19H30N4O4. The zero-order valence-corrected chi connectivity index (χ0v) is 16.4. The molecule has 0 radical (unpaired) electrons. The number of methoxy groups -OCH3 is 1. The predicted molar refractivity (Wildman–Crippen MR) is 104 cm³/mol. The minimum Gasteiger partial charge on any atom is -0.493 e. The van der Waals surface area contributed by atoms with Gasteiger partial charge in [-0.15, -0.1) is 0 Å². The van der Waals surface area contributed by atoms with Crippen LogP contribution >= 0.6 is 0 Å². The average Bonchev–Trinajstić information content (AvgIpc) is 2.68. The molecule has 1 saturated heterocycles. The van der Waals surface area contributed by atoms with E-state index in [2.05, 4.69) is 10.3 Å². The Kier molecular flexibility index (Phi) is 8.03. The first-order chi connectivity index (χ1) is 13.1. The molecule has 1 aromatic rings. The van der Waals surface area contributed by atoms with Gasteiger partial charge >= 0.3 is 6.09 Å². The molecule has 1 heterocycles. The number of guanidine groups is 1. The van der Waals surface area contributed by atoms with Crippen LogP contribution in [0.4, 0.5) is 4.79 Å². The Morgan fingerprint density at radius 1 is 1.26 bits per heavy atom. The minimum atomic E-state index is -0.248. The maximum Gasteiger partial charge on any atom is 0.409 e. The Hall–Kier alpha value is -2.64. The number of ether oxygens (including phenoxy) is 3. The van der Waals surface area contributed by atoms with Crippen LogP contribution in [0.1, 0.15) is 32.3 Å². The van der Waals surface area contributed by atoms with Crippen molar-refractivity contribution in [1.29, 1.82) is 0 Å². The lowest BCUT2D eigenvalue weighted by atomic mass is 10.1. The van der Waals surface area contributed by atoms with Crippen LogP contribution in [0.5, 0.6) is 11.5 Å². The summed E-state index contributed by atoms with van der Waals surface area (Å²) in [5.74, 6) is 1.80. The summed E-state index contributed by atoms with van der Waals surface area (Å²) in [6, 6.07) is 5.93. The standard InChI is InChI=1S/C19H30N4O4/c1-4-26-16-7-6-14(12-17(16)25-3)13-21-18(20)22-15-8-10-23(11-9-15)19(24)27-5-2/h6-7,12,15H,4-5,8-11,13H2,1-3H3,(H3,20,21,22). The number of nitrogens with one attached hydrogen (secondary N) is 1. The van der Waals surface area contributed by atoms with Gasteiger partial charge in [0.05, 0.1) is 26.9 Å². The van der Waals surface area contributed by atoms with Gasteiger partial charge in [0.25, 0.3) is 0 Å². The quantitative estimate of drug-likeness (QED) is 0.557. The summed E-state index contributed by atoms with van der Waals surface area (Å²) in [7, 11) is 1.61. The van der Waals surface area contributed by atoms with Crippen molar-refractivity contribution in [2.75, 3.05) is 33.4 Å². The fraction of sp³-hybridized carbons (Fsp3) is 0.579. The highest BCUT2D eigenvalue weighted by Gasteiger charge is 2.23. The summed E-state index contributed by atoms with van der Waals surface area (Å²) in [6.45, 7) is 6.47. The first-order valence-electron chi connectivity index (χ1n) is 9.35. The molecule has 8 heteroatoms. The van der Waals surface area contributed by atoms with Crippen molar-refractivity contribution in [2.45, 2.75) is 39.3 Å². The predicted octanol–water partition coefficient (Wildman–Crippen LogP) is 2.12. The zero-order valence-electron chi connectivity index (χ0n) is 16.4. The van der Waals surface area contributed by atoms with Crippen molar-refractivity contribution >= 4 is 12.1 Å². The van der Waals surface area contributed by atoms with E-state index >= 15 is 0 Å². The molecule has 0 saturated carbocycles. The molecule has 0 aromatic heterocycles. The number of amides is 1. The lowest BCUT2D eigenvalue weighted by Crippen LogP contribution is -2.48. The number of carbonyl (C=O) groups is 1. The summed E-state index contributed by atoms with van der Waals surface area (Å²) >= 11 is 0. The SMILES string of the molecule is CCOC(=O)N1CCC(NC(N)=NCc2ccc(OCC)c(OC)c2)CC1. The number of likely N-dealkylation sites (tertiary alicyclic amines) is 1. The van der Waals surface area contributed by atoms with E-state index in [4.69, 9.17) is 19.9 Å². The Bertz CT molecular complexity index is 643. The van der Waals surface area contributed by atoms with E-state index in [1.54, 1.807) is 12.0 Å². The van der Waals surface area contributed by atoms with Gasteiger partial charge in [0.2, 0.25) is 0 Å². The van der Waals surface area contributed by atoms with Gasteiger partial charge in [0, 0.05) is 19.1 Å². The molecule has 1 aromatic carbocycles. The van der Waals surface area contributed by atoms with Gasteiger partial charge in [-0.25, -0.2) is 9.79 Å². The highest BCUT2D eigenvalue weighted by molar-refractivity contribution is 5.78. The average molecular weight is 378 g/mol. The molecule has 3 N–H and O–H groups in total. The van der Waals surface area contributed by atoms with Crippen LogP contribution in [0.3, 0.4) is 0 Å². The van der Waals surface area contributed by atoms with Crippen LogP contribution in [0.15, 0.2) is 23.2 Å². The minimum absolute atomic E-state index is 0.203. The summed E-state index contributed by atoms with van der Waals surface area (Å²) in [5, 5.41) is 3.23. The molecule has 1 fully saturated rings. The summed E-state index contributed by atoms with van der Waals surface area (Å²) < 4.78 is 15.9. The van der Waals surface area contributed by atoms with Crippen molar-refractivity contribution in [3.05, 3.63) is 23.8 Å². The smallest absolute Gasteiger partial charge is 0.409 e. The first kappa shape index (κ1) is 20.7. The third kappa shape index (κ3) is 6.23. The Morgan fingerprint density at radius 2 is 2.00 bits per heavy atom. The van der Waals surface area contributed by atoms with E-state index in [9.17, 15) is 4.79 Å². The molecule has 2 rings (SSSR count). The van der Waals surface area contributed by atoms with Crippen molar-refractivity contribution < 1.29 is 19.0 Å². The molecule has 0 spiro atoms. The van der Waals surface area contributed by atoms with Crippen molar-refractivity contribution in [1.82, 2.24) is 10.2 Å². The summed E-state index contributed by atoms with van der Waals surface area (Å²) in [5.41, 5.74) is 7.00. The van der Waals surface area contributed by atoms with Gasteiger partial charge in [0.1, 0.15) is 0 Å². The van der Waals surface area contributed by atoms with E-state index in [0.29, 0.717) is 50.3 Å². The highest BCUT2D eigenvalue weighted by atomic mass is 16.6. The van der Waals surface area contributed by atoms with E-state index in [1.807, 2.05) is 32.0 Å². The fourth-order valence-electron chi connectivity index (χ4n) is 2.94. The van der Waals surface area contributed by atoms with Crippen molar-refractivity contribution in [3.63, 3.8) is 0 Å². The van der Waals surface area contributed by atoms with Gasteiger partial charge in [-0.3, -0.25) is 0 Å². The largest absolute Gasteiger partial charge is 0.493 e. The molecule has 8 nitrogen and oxygen atoms in total. The monoisotopic (exact) mass is 378 g/mol. The normalized spacial score (nSPS) is 15.4. The maximum absolute atomic E-state index is 11.7. The van der Waals surface area contributed by atoms with Crippen molar-refractivity contribution in [2.24, 2.45) is 10.7 Å². The van der Waals surface area contributed by atoms with Gasteiger partial charge in [-0.1, -0.05) is 6.07 Å². The fourth-order valence-corrected chi connectivity index (χ4v) is 2.94. The maximum atomic E-state index is 11.7. The van der Waals surface area contributed by atoms with Gasteiger partial charge < -0.3 is 30.2 Å². The number of nitrogens with zero attached hydrogens (tertiary/aromatic N) is 2. The van der Waals surface area contributed by atoms with Gasteiger partial charge in [0.15, 0.2) is 17.5 Å². The number of aliphatic imine (C=N–C) groups is 1. The second kappa shape index (κ2) is 10.5. The first-order valence-corrected chi connectivity index (χ1v) is 9.35. The highest BCUT2D eigenvalue weighted by Crippen LogP contribution is 2.28. The Balaban J connectivity index is 1.84. The number of hydrogen-bond acceptors (Lipinski definition) is 5. The number of nitrogens with two attached hydrogens (primary N) is 1. The number of benzene rings is 1. The topological polar surface area (TPSA) is 98.4 Å². The molecule has 1 amide bonds. The molecule has 0 unspecified atom stereocenters. The molecule has 150 valence electrons. The summed E-state index contributed by atoms with van der Waals surface area (Å²) in [4.78, 5) is 17.8. The lowest BCUT2D eigenvalue weighted by molar-refractivity contribution is 0.0963. The van der Waals surface area contributed by atoms with Crippen LogP contribution in [0.2, 0.25) is 0 Å². The van der Waals surface area contributed by atoms with Gasteiger partial charge in [-0.05, 0) is 44.4 Å². The number of hydrogen-bond donors (Lipinski definition) is 2. The second-order valence-corrected chi connectivity index (χ2v) is 6.22. The van der Waals surface area contributed by atoms with Crippen LogP contribution < -0.4 is 20.5 Å². The molecule has 27 heavy (non-hydrogen) atoms. The molecule has 1 aliphatic rings. The zero-order chi connectivity index (χ0) is 19.6. The van der Waals surface area contributed by atoms with Crippen LogP contribution in [0.25, 0.3) is 0 Å². The van der Waals surface area contributed by atoms with Crippen molar-refractivity contribution in [3.8, 4) is 11.5 Å². The van der Waals surface area contributed by atoms with Crippen LogP contribution in [-0.4, -0.2) is 56.4 Å². The van der Waals surface area contributed by atoms with E-state index < -0.39 is 0 Å².